The van der Waals surface area contributed by atoms with Crippen LogP contribution in [-0.4, -0.2) is 64.1 Å². The van der Waals surface area contributed by atoms with Crippen LogP contribution in [0.1, 0.15) is 58.1 Å². The summed E-state index contributed by atoms with van der Waals surface area (Å²) in [6.07, 6.45) is 9.58. The first kappa shape index (κ1) is 25.1. The first-order valence-electron chi connectivity index (χ1n) is 12.8. The van der Waals surface area contributed by atoms with Crippen LogP contribution in [0.5, 0.6) is 0 Å². The summed E-state index contributed by atoms with van der Waals surface area (Å²) in [7, 11) is 1.34. The largest absolute Gasteiger partial charge is 0.453 e. The van der Waals surface area contributed by atoms with Crippen molar-refractivity contribution in [1.82, 2.24) is 19.8 Å². The normalized spacial score (nSPS) is 16.5. The van der Waals surface area contributed by atoms with E-state index in [1.807, 2.05) is 36.7 Å². The van der Waals surface area contributed by atoms with Gasteiger partial charge >= 0.3 is 6.09 Å². The fourth-order valence-corrected chi connectivity index (χ4v) is 4.94. The number of anilines is 1. The maximum Gasteiger partial charge on any atom is 0.411 e. The molecule has 0 spiro atoms. The standard InChI is InChI=1S/C27H37N5O3/c1-4-19(5-2)26(33)31-14-12-24(13-15-31)32(23-10-11-23)18-22-16-29-25(17-28-22)20-6-8-21(9-7-20)30-27(34)35-3/h6-9,16-17,19,23-24H,4-5,10-15,18H2,1-3H3,(H,30,34). The van der Waals surface area contributed by atoms with E-state index in [0.29, 0.717) is 23.7 Å². The van der Waals surface area contributed by atoms with Gasteiger partial charge in [-0.05, 0) is 50.7 Å². The van der Waals surface area contributed by atoms with Crippen LogP contribution >= 0.6 is 0 Å². The first-order chi connectivity index (χ1) is 17.0. The molecule has 0 unspecified atom stereocenters. The Labute approximate surface area is 208 Å². The number of carbonyl (C=O) groups is 2. The molecule has 2 heterocycles. The number of rotatable bonds is 9. The molecule has 0 atom stereocenters. The van der Waals surface area contributed by atoms with E-state index in [2.05, 4.69) is 38.7 Å². The minimum atomic E-state index is -0.495. The highest BCUT2D eigenvalue weighted by atomic mass is 16.5. The average molecular weight is 480 g/mol. The molecule has 1 aliphatic carbocycles. The Morgan fingerprint density at radius 2 is 1.69 bits per heavy atom. The molecule has 1 aromatic heterocycles. The molecule has 2 aliphatic rings. The highest BCUT2D eigenvalue weighted by Crippen LogP contribution is 2.33. The van der Waals surface area contributed by atoms with Crippen LogP contribution in [-0.2, 0) is 16.1 Å². The van der Waals surface area contributed by atoms with E-state index in [1.165, 1.54) is 20.0 Å². The van der Waals surface area contributed by atoms with Crippen molar-refractivity contribution < 1.29 is 14.3 Å². The lowest BCUT2D eigenvalue weighted by Crippen LogP contribution is -2.48. The van der Waals surface area contributed by atoms with Crippen molar-refractivity contribution in [1.29, 1.82) is 0 Å². The van der Waals surface area contributed by atoms with Crippen molar-refractivity contribution in [3.8, 4) is 11.3 Å². The SMILES string of the molecule is CCC(CC)C(=O)N1CCC(N(Cc2cnc(-c3ccc(NC(=O)OC)cc3)cn2)C2CC2)CC1. The number of benzene rings is 1. The predicted molar refractivity (Wildman–Crippen MR) is 136 cm³/mol. The Balaban J connectivity index is 1.35. The Bertz CT molecular complexity index is 979. The second-order valence-corrected chi connectivity index (χ2v) is 9.56. The Morgan fingerprint density at radius 3 is 2.23 bits per heavy atom. The summed E-state index contributed by atoms with van der Waals surface area (Å²) in [6.45, 7) is 6.73. The van der Waals surface area contributed by atoms with Crippen molar-refractivity contribution in [2.45, 2.75) is 71.0 Å². The third-order valence-electron chi connectivity index (χ3n) is 7.26. The number of piperidine rings is 1. The summed E-state index contributed by atoms with van der Waals surface area (Å²) < 4.78 is 4.62. The smallest absolute Gasteiger partial charge is 0.411 e. The predicted octanol–water partition coefficient (Wildman–Crippen LogP) is 4.71. The molecule has 8 nitrogen and oxygen atoms in total. The van der Waals surface area contributed by atoms with E-state index in [9.17, 15) is 9.59 Å². The zero-order valence-corrected chi connectivity index (χ0v) is 21.1. The fourth-order valence-electron chi connectivity index (χ4n) is 4.94. The molecule has 4 rings (SSSR count). The molecule has 0 bridgehead atoms. The quantitative estimate of drug-likeness (QED) is 0.560. The Morgan fingerprint density at radius 1 is 1.03 bits per heavy atom. The molecule has 1 aromatic carbocycles. The molecule has 188 valence electrons. The van der Waals surface area contributed by atoms with Gasteiger partial charge in [0.1, 0.15) is 0 Å². The van der Waals surface area contributed by atoms with Crippen LogP contribution in [0.3, 0.4) is 0 Å². The molecule has 0 radical (unpaired) electrons. The van der Waals surface area contributed by atoms with Crippen molar-refractivity contribution in [2.75, 3.05) is 25.5 Å². The molecule has 2 fully saturated rings. The van der Waals surface area contributed by atoms with E-state index in [4.69, 9.17) is 4.98 Å². The number of ether oxygens (including phenoxy) is 1. The zero-order valence-electron chi connectivity index (χ0n) is 21.1. The Kier molecular flexibility index (Phi) is 8.33. The topological polar surface area (TPSA) is 87.7 Å². The van der Waals surface area contributed by atoms with Gasteiger partial charge in [0, 0.05) is 48.9 Å². The molecule has 1 N–H and O–H groups in total. The van der Waals surface area contributed by atoms with E-state index < -0.39 is 6.09 Å². The maximum atomic E-state index is 12.8. The highest BCUT2D eigenvalue weighted by Gasteiger charge is 2.36. The van der Waals surface area contributed by atoms with Crippen LogP contribution in [0.15, 0.2) is 36.7 Å². The number of likely N-dealkylation sites (tertiary alicyclic amines) is 1. The van der Waals surface area contributed by atoms with Gasteiger partial charge in [-0.25, -0.2) is 4.79 Å². The summed E-state index contributed by atoms with van der Waals surface area (Å²) in [5, 5.41) is 2.64. The van der Waals surface area contributed by atoms with Gasteiger partial charge in [0.05, 0.1) is 30.9 Å². The molecular weight excluding hydrogens is 442 g/mol. The number of nitrogens with zero attached hydrogens (tertiary/aromatic N) is 4. The second kappa shape index (κ2) is 11.6. The molecular formula is C27H37N5O3. The van der Waals surface area contributed by atoms with Gasteiger partial charge in [-0.15, -0.1) is 0 Å². The van der Waals surface area contributed by atoms with Crippen LogP contribution in [0.2, 0.25) is 0 Å². The molecule has 2 amide bonds. The van der Waals surface area contributed by atoms with Gasteiger partial charge in [0.15, 0.2) is 0 Å². The van der Waals surface area contributed by atoms with E-state index in [-0.39, 0.29) is 5.92 Å². The maximum absolute atomic E-state index is 12.8. The number of hydrogen-bond donors (Lipinski definition) is 1. The van der Waals surface area contributed by atoms with Crippen LogP contribution < -0.4 is 5.32 Å². The van der Waals surface area contributed by atoms with Gasteiger partial charge in [-0.2, -0.15) is 0 Å². The van der Waals surface area contributed by atoms with Crippen molar-refractivity contribution in [3.63, 3.8) is 0 Å². The van der Waals surface area contributed by atoms with Crippen LogP contribution in [0, 0.1) is 5.92 Å². The Hall–Kier alpha value is -3.00. The summed E-state index contributed by atoms with van der Waals surface area (Å²) in [4.78, 5) is 38.2. The lowest BCUT2D eigenvalue weighted by atomic mass is 9.97. The summed E-state index contributed by atoms with van der Waals surface area (Å²) in [6, 6.07) is 8.56. The lowest BCUT2D eigenvalue weighted by molar-refractivity contribution is -0.137. The van der Waals surface area contributed by atoms with Crippen molar-refractivity contribution in [3.05, 3.63) is 42.4 Å². The van der Waals surface area contributed by atoms with Gasteiger partial charge in [0.25, 0.3) is 0 Å². The molecule has 1 saturated carbocycles. The van der Waals surface area contributed by atoms with Gasteiger partial charge in [0.2, 0.25) is 5.91 Å². The zero-order chi connectivity index (χ0) is 24.8. The van der Waals surface area contributed by atoms with E-state index >= 15 is 0 Å². The molecule has 1 aliphatic heterocycles. The number of hydrogen-bond acceptors (Lipinski definition) is 6. The third kappa shape index (κ3) is 6.36. The minimum absolute atomic E-state index is 0.167. The number of amides is 2. The molecule has 35 heavy (non-hydrogen) atoms. The molecule has 1 saturated heterocycles. The first-order valence-corrected chi connectivity index (χ1v) is 12.8. The molecule has 2 aromatic rings. The average Bonchev–Trinajstić information content (AvgIpc) is 3.74. The van der Waals surface area contributed by atoms with Gasteiger partial charge < -0.3 is 9.64 Å². The van der Waals surface area contributed by atoms with Crippen molar-refractivity contribution in [2.24, 2.45) is 5.92 Å². The van der Waals surface area contributed by atoms with Gasteiger partial charge in [-0.3, -0.25) is 25.0 Å². The third-order valence-corrected chi connectivity index (χ3v) is 7.26. The number of carbonyl (C=O) groups excluding carboxylic acids is 2. The van der Waals surface area contributed by atoms with Crippen molar-refractivity contribution >= 4 is 17.7 Å². The number of methoxy groups -OCH3 is 1. The second-order valence-electron chi connectivity index (χ2n) is 9.56. The van der Waals surface area contributed by atoms with E-state index in [1.54, 1.807) is 0 Å². The van der Waals surface area contributed by atoms with Crippen LogP contribution in [0.25, 0.3) is 11.3 Å². The van der Waals surface area contributed by atoms with E-state index in [0.717, 1.165) is 62.3 Å². The summed E-state index contributed by atoms with van der Waals surface area (Å²) in [5.41, 5.74) is 3.37. The lowest BCUT2D eigenvalue weighted by Gasteiger charge is -2.39. The fraction of sp³-hybridized carbons (Fsp3) is 0.556. The molecule has 8 heteroatoms. The number of nitrogens with one attached hydrogen (secondary N) is 1. The number of aromatic nitrogens is 2. The summed E-state index contributed by atoms with van der Waals surface area (Å²) >= 11 is 0. The summed E-state index contributed by atoms with van der Waals surface area (Å²) in [5.74, 6) is 0.502. The van der Waals surface area contributed by atoms with Gasteiger partial charge in [-0.1, -0.05) is 26.0 Å². The highest BCUT2D eigenvalue weighted by molar-refractivity contribution is 5.84. The minimum Gasteiger partial charge on any atom is -0.453 e. The monoisotopic (exact) mass is 479 g/mol. The van der Waals surface area contributed by atoms with Crippen LogP contribution in [0.4, 0.5) is 10.5 Å².